The van der Waals surface area contributed by atoms with Gasteiger partial charge in [-0.2, -0.15) is 0 Å². The molecule has 0 heterocycles. The summed E-state index contributed by atoms with van der Waals surface area (Å²) in [4.78, 5) is 4.65. The van der Waals surface area contributed by atoms with E-state index < -0.39 is 0 Å². The number of hydrogen-bond donors (Lipinski definition) is 2. The van der Waals surface area contributed by atoms with Crippen LogP contribution in [-0.2, 0) is 11.3 Å². The molecule has 1 aromatic carbocycles. The molecule has 0 amide bonds. The number of methoxy groups -OCH3 is 1. The summed E-state index contributed by atoms with van der Waals surface area (Å²) in [5.41, 5.74) is 1.13. The molecule has 6 heteroatoms. The lowest BCUT2D eigenvalue weighted by Crippen LogP contribution is -2.37. The molecule has 0 aromatic heterocycles. The molecule has 0 saturated carbocycles. The van der Waals surface area contributed by atoms with E-state index in [1.165, 1.54) is 25.7 Å². The van der Waals surface area contributed by atoms with Crippen molar-refractivity contribution in [1.29, 1.82) is 0 Å². The Morgan fingerprint density at radius 3 is 2.64 bits per heavy atom. The molecule has 0 aliphatic heterocycles. The lowest BCUT2D eigenvalue weighted by molar-refractivity contribution is 0.146. The van der Waals surface area contributed by atoms with Crippen molar-refractivity contribution in [3.05, 3.63) is 29.8 Å². The quantitative estimate of drug-likeness (QED) is 0.213. The van der Waals surface area contributed by atoms with Gasteiger partial charge in [-0.3, -0.25) is 0 Å². The molecule has 0 aliphatic rings. The van der Waals surface area contributed by atoms with Crippen LogP contribution in [0.3, 0.4) is 0 Å². The average molecular weight is 463 g/mol. The number of unbranched alkanes of at least 4 members (excludes halogenated alkanes) is 3. The second kappa shape index (κ2) is 16.4. The SMILES string of the molecule is CCCCCCNC(=NCc1cccc(OCCOC)c1)NCC.I. The highest BCUT2D eigenvalue weighted by Gasteiger charge is 1.99. The fraction of sp³-hybridized carbons (Fsp3) is 0.632. The number of halogens is 1. The largest absolute Gasteiger partial charge is 0.491 e. The summed E-state index contributed by atoms with van der Waals surface area (Å²) in [5.74, 6) is 1.73. The van der Waals surface area contributed by atoms with Gasteiger partial charge in [-0.25, -0.2) is 4.99 Å². The minimum Gasteiger partial charge on any atom is -0.491 e. The molecule has 5 nitrogen and oxygen atoms in total. The maximum absolute atomic E-state index is 5.64. The Kier molecular flexibility index (Phi) is 15.8. The number of rotatable bonds is 12. The van der Waals surface area contributed by atoms with Crippen molar-refractivity contribution in [2.45, 2.75) is 46.1 Å². The summed E-state index contributed by atoms with van der Waals surface area (Å²) in [6.45, 7) is 7.92. The standard InChI is InChI=1S/C19H33N3O2.HI/c1-4-6-7-8-12-21-19(20-5-2)22-16-17-10-9-11-18(15-17)24-14-13-23-3;/h9-11,15H,4-8,12-14,16H2,1-3H3,(H2,20,21,22);1H. The van der Waals surface area contributed by atoms with Gasteiger partial charge in [0.25, 0.3) is 0 Å². The van der Waals surface area contributed by atoms with Gasteiger partial charge in [0.15, 0.2) is 5.96 Å². The van der Waals surface area contributed by atoms with Crippen LogP contribution in [0.4, 0.5) is 0 Å². The number of ether oxygens (including phenoxy) is 2. The van der Waals surface area contributed by atoms with Crippen LogP contribution >= 0.6 is 24.0 Å². The van der Waals surface area contributed by atoms with Crippen LogP contribution in [0, 0.1) is 0 Å². The molecule has 0 unspecified atom stereocenters. The van der Waals surface area contributed by atoms with E-state index in [0.717, 1.165) is 30.4 Å². The average Bonchev–Trinajstić information content (AvgIpc) is 2.60. The number of aliphatic imine (C=N–C) groups is 1. The summed E-state index contributed by atoms with van der Waals surface area (Å²) in [6.07, 6.45) is 5.01. The summed E-state index contributed by atoms with van der Waals surface area (Å²) >= 11 is 0. The van der Waals surface area contributed by atoms with Gasteiger partial charge in [-0.05, 0) is 31.0 Å². The van der Waals surface area contributed by atoms with Crippen LogP contribution < -0.4 is 15.4 Å². The normalized spacial score (nSPS) is 10.9. The van der Waals surface area contributed by atoms with E-state index in [9.17, 15) is 0 Å². The number of guanidine groups is 1. The van der Waals surface area contributed by atoms with Gasteiger partial charge >= 0.3 is 0 Å². The van der Waals surface area contributed by atoms with Crippen molar-refractivity contribution in [2.24, 2.45) is 4.99 Å². The Hall–Kier alpha value is -1.02. The summed E-state index contributed by atoms with van der Waals surface area (Å²) < 4.78 is 10.6. The van der Waals surface area contributed by atoms with Gasteiger partial charge in [-0.15, -0.1) is 24.0 Å². The Morgan fingerprint density at radius 2 is 1.92 bits per heavy atom. The van der Waals surface area contributed by atoms with Gasteiger partial charge in [0.1, 0.15) is 12.4 Å². The van der Waals surface area contributed by atoms with E-state index >= 15 is 0 Å². The lowest BCUT2D eigenvalue weighted by atomic mass is 10.2. The van der Waals surface area contributed by atoms with Crippen molar-refractivity contribution in [3.8, 4) is 5.75 Å². The van der Waals surface area contributed by atoms with Crippen molar-refractivity contribution >= 4 is 29.9 Å². The van der Waals surface area contributed by atoms with Crippen LogP contribution in [0.5, 0.6) is 5.75 Å². The van der Waals surface area contributed by atoms with Crippen LogP contribution in [0.2, 0.25) is 0 Å². The highest BCUT2D eigenvalue weighted by atomic mass is 127. The molecular weight excluding hydrogens is 429 g/mol. The third-order valence-corrected chi connectivity index (χ3v) is 3.54. The van der Waals surface area contributed by atoms with E-state index in [1.54, 1.807) is 7.11 Å². The zero-order chi connectivity index (χ0) is 17.5. The van der Waals surface area contributed by atoms with Crippen LogP contribution in [-0.4, -0.2) is 39.4 Å². The highest BCUT2D eigenvalue weighted by Crippen LogP contribution is 2.14. The van der Waals surface area contributed by atoms with Crippen molar-refractivity contribution in [3.63, 3.8) is 0 Å². The molecule has 25 heavy (non-hydrogen) atoms. The first kappa shape index (κ1) is 24.0. The number of hydrogen-bond acceptors (Lipinski definition) is 3. The maximum atomic E-state index is 5.64. The molecule has 0 saturated heterocycles. The number of benzene rings is 1. The topological polar surface area (TPSA) is 54.9 Å². The summed E-state index contributed by atoms with van der Waals surface area (Å²) in [6, 6.07) is 8.06. The van der Waals surface area contributed by atoms with Gasteiger partial charge in [0.2, 0.25) is 0 Å². The van der Waals surface area contributed by atoms with Crippen LogP contribution in [0.1, 0.15) is 45.1 Å². The van der Waals surface area contributed by atoms with E-state index in [4.69, 9.17) is 9.47 Å². The number of nitrogens with zero attached hydrogens (tertiary/aromatic N) is 1. The molecule has 0 radical (unpaired) electrons. The lowest BCUT2D eigenvalue weighted by Gasteiger charge is -2.11. The van der Waals surface area contributed by atoms with Crippen molar-refractivity contribution < 1.29 is 9.47 Å². The number of nitrogens with one attached hydrogen (secondary N) is 2. The zero-order valence-corrected chi connectivity index (χ0v) is 18.2. The zero-order valence-electron chi connectivity index (χ0n) is 15.8. The fourth-order valence-electron chi connectivity index (χ4n) is 2.25. The Labute approximate surface area is 170 Å². The van der Waals surface area contributed by atoms with E-state index in [0.29, 0.717) is 19.8 Å². The fourth-order valence-corrected chi connectivity index (χ4v) is 2.25. The Bertz CT molecular complexity index is 470. The third-order valence-electron chi connectivity index (χ3n) is 3.54. The Balaban J connectivity index is 0.00000576. The Morgan fingerprint density at radius 1 is 1.08 bits per heavy atom. The maximum Gasteiger partial charge on any atom is 0.191 e. The first-order valence-electron chi connectivity index (χ1n) is 9.03. The summed E-state index contributed by atoms with van der Waals surface area (Å²) in [5, 5.41) is 6.69. The molecular formula is C19H34IN3O2. The molecule has 1 rings (SSSR count). The van der Waals surface area contributed by atoms with E-state index in [1.807, 2.05) is 18.2 Å². The van der Waals surface area contributed by atoms with Crippen molar-refractivity contribution in [1.82, 2.24) is 10.6 Å². The van der Waals surface area contributed by atoms with E-state index in [-0.39, 0.29) is 24.0 Å². The first-order valence-corrected chi connectivity index (χ1v) is 9.03. The van der Waals surface area contributed by atoms with Crippen molar-refractivity contribution in [2.75, 3.05) is 33.4 Å². The van der Waals surface area contributed by atoms with Crippen LogP contribution in [0.25, 0.3) is 0 Å². The smallest absolute Gasteiger partial charge is 0.191 e. The van der Waals surface area contributed by atoms with Crippen LogP contribution in [0.15, 0.2) is 29.3 Å². The predicted molar refractivity (Wildman–Crippen MR) is 116 cm³/mol. The molecule has 144 valence electrons. The highest BCUT2D eigenvalue weighted by molar-refractivity contribution is 14.0. The van der Waals surface area contributed by atoms with Gasteiger partial charge in [-0.1, -0.05) is 38.3 Å². The molecule has 0 aliphatic carbocycles. The molecule has 2 N–H and O–H groups in total. The monoisotopic (exact) mass is 463 g/mol. The second-order valence-corrected chi connectivity index (χ2v) is 5.67. The first-order chi connectivity index (χ1) is 11.8. The predicted octanol–water partition coefficient (Wildman–Crippen LogP) is 3.97. The molecule has 1 aromatic rings. The summed E-state index contributed by atoms with van der Waals surface area (Å²) in [7, 11) is 1.67. The second-order valence-electron chi connectivity index (χ2n) is 5.67. The van der Waals surface area contributed by atoms with Gasteiger partial charge in [0.05, 0.1) is 13.2 Å². The van der Waals surface area contributed by atoms with E-state index in [2.05, 4.69) is 35.5 Å². The third kappa shape index (κ3) is 12.0. The minimum atomic E-state index is 0. The van der Waals surface area contributed by atoms with Gasteiger partial charge < -0.3 is 20.1 Å². The molecule has 0 fully saturated rings. The molecule has 0 atom stereocenters. The molecule has 0 bridgehead atoms. The molecule has 0 spiro atoms. The minimum absolute atomic E-state index is 0. The van der Waals surface area contributed by atoms with Gasteiger partial charge in [0, 0.05) is 20.2 Å².